The molecule has 1 aliphatic carbocycles. The van der Waals surface area contributed by atoms with Crippen molar-refractivity contribution in [2.24, 2.45) is 11.8 Å². The predicted octanol–water partition coefficient (Wildman–Crippen LogP) is 3.35. The van der Waals surface area contributed by atoms with Crippen LogP contribution in [0.2, 0.25) is 0 Å². The summed E-state index contributed by atoms with van der Waals surface area (Å²) in [4.78, 5) is 10.8. The lowest BCUT2D eigenvalue weighted by molar-refractivity contribution is -0.105. The molecule has 0 unspecified atom stereocenters. The van der Waals surface area contributed by atoms with Crippen molar-refractivity contribution < 1.29 is 4.79 Å². The molecule has 1 rings (SSSR count). The van der Waals surface area contributed by atoms with E-state index in [9.17, 15) is 4.79 Å². The number of carbonyl (C=O) groups is 1. The summed E-state index contributed by atoms with van der Waals surface area (Å²) in [6.07, 6.45) is 9.85. The largest absolute Gasteiger partial charge is 0.298 e. The Bertz CT molecular complexity index is 185. The van der Waals surface area contributed by atoms with Crippen LogP contribution in [0.1, 0.15) is 46.0 Å². The van der Waals surface area contributed by atoms with Crippen molar-refractivity contribution in [1.82, 2.24) is 0 Å². The Labute approximate surface area is 81.2 Å². The van der Waals surface area contributed by atoms with Gasteiger partial charge in [0.2, 0.25) is 0 Å². The molecule has 1 saturated carbocycles. The van der Waals surface area contributed by atoms with Crippen molar-refractivity contribution in [3.05, 3.63) is 11.6 Å². The summed E-state index contributed by atoms with van der Waals surface area (Å²) in [5, 5.41) is 0. The Hall–Kier alpha value is -0.590. The van der Waals surface area contributed by atoms with Gasteiger partial charge in [0.1, 0.15) is 6.29 Å². The van der Waals surface area contributed by atoms with Crippen LogP contribution < -0.4 is 0 Å². The van der Waals surface area contributed by atoms with Crippen molar-refractivity contribution in [2.45, 2.75) is 46.0 Å². The molecule has 1 heteroatoms. The van der Waals surface area contributed by atoms with E-state index in [1.807, 2.05) is 0 Å². The first-order valence-corrected chi connectivity index (χ1v) is 5.41. The van der Waals surface area contributed by atoms with Gasteiger partial charge in [-0.25, -0.2) is 0 Å². The molecule has 0 heterocycles. The van der Waals surface area contributed by atoms with Gasteiger partial charge in [-0.15, -0.1) is 0 Å². The van der Waals surface area contributed by atoms with E-state index in [4.69, 9.17) is 0 Å². The van der Waals surface area contributed by atoms with Crippen LogP contribution >= 0.6 is 0 Å². The zero-order valence-electron chi connectivity index (χ0n) is 8.75. The van der Waals surface area contributed by atoms with E-state index in [1.165, 1.54) is 32.1 Å². The molecule has 0 radical (unpaired) electrons. The van der Waals surface area contributed by atoms with Crippen LogP contribution in [0.4, 0.5) is 0 Å². The molecule has 1 fully saturated rings. The molecule has 0 aromatic carbocycles. The van der Waals surface area contributed by atoms with E-state index < -0.39 is 0 Å². The van der Waals surface area contributed by atoms with Crippen molar-refractivity contribution >= 4 is 6.29 Å². The molecule has 13 heavy (non-hydrogen) atoms. The van der Waals surface area contributed by atoms with Gasteiger partial charge in [-0.3, -0.25) is 4.79 Å². The Morgan fingerprint density at radius 2 is 1.85 bits per heavy atom. The predicted molar refractivity (Wildman–Crippen MR) is 55.6 cm³/mol. The first-order valence-electron chi connectivity index (χ1n) is 5.41. The standard InChI is InChI=1S/C12H20O/c1-10(2)12(9-13)8-11-6-4-3-5-7-11/h8-11H,3-7H2,1-2H3/b12-8-. The maximum Gasteiger partial charge on any atom is 0.145 e. The average molecular weight is 180 g/mol. The van der Waals surface area contributed by atoms with E-state index in [0.29, 0.717) is 11.8 Å². The Morgan fingerprint density at radius 3 is 2.31 bits per heavy atom. The quantitative estimate of drug-likeness (QED) is 0.481. The normalized spacial score (nSPS) is 20.7. The number of aldehydes is 1. The molecular weight excluding hydrogens is 160 g/mol. The topological polar surface area (TPSA) is 17.1 Å². The molecule has 0 bridgehead atoms. The van der Waals surface area contributed by atoms with Gasteiger partial charge in [-0.2, -0.15) is 0 Å². The number of hydrogen-bond donors (Lipinski definition) is 0. The van der Waals surface area contributed by atoms with Crippen molar-refractivity contribution in [1.29, 1.82) is 0 Å². The lowest BCUT2D eigenvalue weighted by Crippen LogP contribution is -2.06. The summed E-state index contributed by atoms with van der Waals surface area (Å²) in [5.41, 5.74) is 0.993. The summed E-state index contributed by atoms with van der Waals surface area (Å²) in [6.45, 7) is 4.17. The highest BCUT2D eigenvalue weighted by Gasteiger charge is 2.12. The fraction of sp³-hybridized carbons (Fsp3) is 0.750. The van der Waals surface area contributed by atoms with E-state index in [0.717, 1.165) is 11.9 Å². The SMILES string of the molecule is CC(C)/C(C=O)=C\C1CCCCC1. The zero-order chi connectivity index (χ0) is 9.68. The Balaban J connectivity index is 2.54. The van der Waals surface area contributed by atoms with Gasteiger partial charge < -0.3 is 0 Å². The number of allylic oxidation sites excluding steroid dienone is 2. The number of hydrogen-bond acceptors (Lipinski definition) is 1. The second-order valence-electron chi connectivity index (χ2n) is 4.34. The highest BCUT2D eigenvalue weighted by atomic mass is 16.1. The molecule has 0 aromatic heterocycles. The summed E-state index contributed by atoms with van der Waals surface area (Å²) in [6, 6.07) is 0. The summed E-state index contributed by atoms with van der Waals surface area (Å²) in [5.74, 6) is 1.07. The molecule has 0 N–H and O–H groups in total. The summed E-state index contributed by atoms with van der Waals surface area (Å²) >= 11 is 0. The molecule has 0 spiro atoms. The molecule has 0 saturated heterocycles. The molecule has 74 valence electrons. The van der Waals surface area contributed by atoms with Gasteiger partial charge >= 0.3 is 0 Å². The first-order chi connectivity index (χ1) is 6.24. The molecule has 1 aliphatic rings. The van der Waals surface area contributed by atoms with E-state index in [-0.39, 0.29) is 0 Å². The van der Waals surface area contributed by atoms with Crippen molar-refractivity contribution in [2.75, 3.05) is 0 Å². The van der Waals surface area contributed by atoms with Crippen LogP contribution in [0.5, 0.6) is 0 Å². The van der Waals surface area contributed by atoms with Crippen LogP contribution in [0, 0.1) is 11.8 Å². The van der Waals surface area contributed by atoms with E-state index in [2.05, 4.69) is 19.9 Å². The molecule has 0 amide bonds. The zero-order valence-corrected chi connectivity index (χ0v) is 8.75. The third-order valence-electron chi connectivity index (χ3n) is 2.88. The van der Waals surface area contributed by atoms with Gasteiger partial charge in [0, 0.05) is 0 Å². The van der Waals surface area contributed by atoms with Gasteiger partial charge in [0.15, 0.2) is 0 Å². The average Bonchev–Trinajstić information content (AvgIpc) is 2.15. The van der Waals surface area contributed by atoms with Crippen LogP contribution in [-0.4, -0.2) is 6.29 Å². The molecule has 0 aliphatic heterocycles. The van der Waals surface area contributed by atoms with Gasteiger partial charge in [0.05, 0.1) is 0 Å². The maximum absolute atomic E-state index is 10.8. The second kappa shape index (κ2) is 5.21. The third-order valence-corrected chi connectivity index (χ3v) is 2.88. The van der Waals surface area contributed by atoms with Crippen LogP contribution in [0.3, 0.4) is 0 Å². The van der Waals surface area contributed by atoms with E-state index in [1.54, 1.807) is 0 Å². The van der Waals surface area contributed by atoms with Crippen molar-refractivity contribution in [3.8, 4) is 0 Å². The first kappa shape index (κ1) is 10.5. The Kier molecular flexibility index (Phi) is 4.20. The lowest BCUT2D eigenvalue weighted by Gasteiger charge is -2.19. The van der Waals surface area contributed by atoms with E-state index >= 15 is 0 Å². The van der Waals surface area contributed by atoms with Crippen LogP contribution in [0.15, 0.2) is 11.6 Å². The van der Waals surface area contributed by atoms with Gasteiger partial charge in [-0.1, -0.05) is 39.2 Å². The monoisotopic (exact) mass is 180 g/mol. The van der Waals surface area contributed by atoms with Crippen molar-refractivity contribution in [3.63, 3.8) is 0 Å². The van der Waals surface area contributed by atoms with Crippen LogP contribution in [-0.2, 0) is 4.79 Å². The third kappa shape index (κ3) is 3.33. The smallest absolute Gasteiger partial charge is 0.145 e. The minimum atomic E-state index is 0.388. The lowest BCUT2D eigenvalue weighted by atomic mass is 9.86. The molecule has 0 aromatic rings. The molecule has 1 nitrogen and oxygen atoms in total. The minimum absolute atomic E-state index is 0.388. The van der Waals surface area contributed by atoms with Gasteiger partial charge in [0.25, 0.3) is 0 Å². The maximum atomic E-state index is 10.8. The fourth-order valence-electron chi connectivity index (χ4n) is 1.94. The highest BCUT2D eigenvalue weighted by Crippen LogP contribution is 2.26. The number of rotatable bonds is 3. The van der Waals surface area contributed by atoms with Gasteiger partial charge in [-0.05, 0) is 30.3 Å². The summed E-state index contributed by atoms with van der Waals surface area (Å²) in [7, 11) is 0. The highest BCUT2D eigenvalue weighted by molar-refractivity contribution is 5.73. The molecule has 0 atom stereocenters. The Morgan fingerprint density at radius 1 is 1.23 bits per heavy atom. The minimum Gasteiger partial charge on any atom is -0.298 e. The summed E-state index contributed by atoms with van der Waals surface area (Å²) < 4.78 is 0. The fourth-order valence-corrected chi connectivity index (χ4v) is 1.94. The van der Waals surface area contributed by atoms with Crippen LogP contribution in [0.25, 0.3) is 0 Å². The molecular formula is C12H20O. The number of carbonyl (C=O) groups excluding carboxylic acids is 1. The second-order valence-corrected chi connectivity index (χ2v) is 4.34.